The van der Waals surface area contributed by atoms with Crippen LogP contribution in [-0.2, 0) is 6.42 Å². The van der Waals surface area contributed by atoms with Crippen molar-refractivity contribution in [3.8, 4) is 0 Å². The number of hydrogen-bond acceptors (Lipinski definition) is 4. The fraction of sp³-hybridized carbons (Fsp3) is 0.318. The maximum absolute atomic E-state index is 4.55. The SMILES string of the molecule is C=C(CC(=C/C)/N=C\C(=C)c1cnc(CC)nc1)NCC1=CC=CCC1. The molecule has 0 unspecified atom stereocenters. The molecule has 2 rings (SSSR count). The molecule has 0 aromatic carbocycles. The van der Waals surface area contributed by atoms with Crippen molar-refractivity contribution in [1.82, 2.24) is 15.3 Å². The molecule has 0 saturated carbocycles. The molecule has 136 valence electrons. The van der Waals surface area contributed by atoms with Gasteiger partial charge < -0.3 is 5.32 Å². The Hall–Kier alpha value is -2.75. The van der Waals surface area contributed by atoms with Gasteiger partial charge in [-0.1, -0.05) is 50.0 Å². The molecule has 1 aromatic heterocycles. The normalized spacial score (nSPS) is 14.4. The van der Waals surface area contributed by atoms with E-state index in [0.29, 0.717) is 6.42 Å². The van der Waals surface area contributed by atoms with Crippen LogP contribution < -0.4 is 5.32 Å². The van der Waals surface area contributed by atoms with Crippen LogP contribution in [0.2, 0.25) is 0 Å². The number of aromatic nitrogens is 2. The summed E-state index contributed by atoms with van der Waals surface area (Å²) in [4.78, 5) is 13.2. The second kappa shape index (κ2) is 10.3. The summed E-state index contributed by atoms with van der Waals surface area (Å²) >= 11 is 0. The molecule has 1 N–H and O–H groups in total. The lowest BCUT2D eigenvalue weighted by Crippen LogP contribution is -2.16. The van der Waals surface area contributed by atoms with Crippen molar-refractivity contribution in [2.24, 2.45) is 4.99 Å². The molecule has 0 saturated heterocycles. The Labute approximate surface area is 156 Å². The number of nitrogens with zero attached hydrogens (tertiary/aromatic N) is 3. The lowest BCUT2D eigenvalue weighted by molar-refractivity contribution is 0.788. The van der Waals surface area contributed by atoms with Gasteiger partial charge in [0.1, 0.15) is 5.82 Å². The van der Waals surface area contributed by atoms with E-state index < -0.39 is 0 Å². The Kier molecular flexibility index (Phi) is 7.75. The number of allylic oxidation sites excluding steroid dienone is 5. The van der Waals surface area contributed by atoms with E-state index in [9.17, 15) is 0 Å². The third-order valence-electron chi connectivity index (χ3n) is 4.17. The van der Waals surface area contributed by atoms with Crippen LogP contribution in [-0.4, -0.2) is 22.7 Å². The van der Waals surface area contributed by atoms with Crippen molar-refractivity contribution in [2.45, 2.75) is 39.5 Å². The van der Waals surface area contributed by atoms with Crippen LogP contribution in [0.3, 0.4) is 0 Å². The number of rotatable bonds is 9. The molecule has 1 aliphatic rings. The van der Waals surface area contributed by atoms with Crippen LogP contribution in [0, 0.1) is 0 Å². The second-order valence-corrected chi connectivity index (χ2v) is 6.23. The fourth-order valence-corrected chi connectivity index (χ4v) is 2.48. The Morgan fingerprint density at radius 3 is 2.69 bits per heavy atom. The van der Waals surface area contributed by atoms with Crippen molar-refractivity contribution >= 4 is 11.8 Å². The maximum Gasteiger partial charge on any atom is 0.127 e. The first-order valence-corrected chi connectivity index (χ1v) is 9.08. The van der Waals surface area contributed by atoms with Gasteiger partial charge in [-0.25, -0.2) is 9.97 Å². The highest BCUT2D eigenvalue weighted by Crippen LogP contribution is 2.14. The summed E-state index contributed by atoms with van der Waals surface area (Å²) in [6.45, 7) is 13.0. The average molecular weight is 348 g/mol. The number of aliphatic imine (C=N–C) groups is 1. The van der Waals surface area contributed by atoms with Gasteiger partial charge in [0, 0.05) is 55.0 Å². The van der Waals surface area contributed by atoms with Gasteiger partial charge >= 0.3 is 0 Å². The molecule has 1 heterocycles. The van der Waals surface area contributed by atoms with E-state index in [2.05, 4.69) is 51.7 Å². The van der Waals surface area contributed by atoms with Crippen LogP contribution in [0.5, 0.6) is 0 Å². The van der Waals surface area contributed by atoms with Gasteiger partial charge in [-0.3, -0.25) is 4.99 Å². The standard InChI is InChI=1S/C22H28N4/c1-5-21(12-18(4)23-14-19-10-8-7-9-11-19)24-13-17(3)20-15-25-22(6-2)26-16-20/h5,7-8,10,13,15-16,23H,3-4,6,9,11-12,14H2,1-2H3/b21-5-,24-13-. The summed E-state index contributed by atoms with van der Waals surface area (Å²) in [6.07, 6.45) is 17.6. The topological polar surface area (TPSA) is 50.2 Å². The molecular weight excluding hydrogens is 320 g/mol. The van der Waals surface area contributed by atoms with Crippen molar-refractivity contribution in [1.29, 1.82) is 0 Å². The van der Waals surface area contributed by atoms with Crippen LogP contribution in [0.1, 0.15) is 44.5 Å². The molecular formula is C22H28N4. The Bertz CT molecular complexity index is 749. The van der Waals surface area contributed by atoms with Gasteiger partial charge in [-0.05, 0) is 25.3 Å². The molecule has 1 aliphatic carbocycles. The third kappa shape index (κ3) is 6.28. The fourth-order valence-electron chi connectivity index (χ4n) is 2.48. The predicted molar refractivity (Wildman–Crippen MR) is 111 cm³/mol. The minimum atomic E-state index is 0.689. The van der Waals surface area contributed by atoms with Crippen molar-refractivity contribution in [3.05, 3.63) is 78.2 Å². The number of aryl methyl sites for hydroxylation is 1. The molecule has 4 heteroatoms. The molecule has 0 fully saturated rings. The van der Waals surface area contributed by atoms with Crippen molar-refractivity contribution < 1.29 is 0 Å². The summed E-state index contributed by atoms with van der Waals surface area (Å²) < 4.78 is 0. The van der Waals surface area contributed by atoms with Gasteiger partial charge in [-0.2, -0.15) is 0 Å². The molecule has 4 nitrogen and oxygen atoms in total. The number of hydrogen-bond donors (Lipinski definition) is 1. The van der Waals surface area contributed by atoms with Crippen LogP contribution in [0.25, 0.3) is 5.57 Å². The maximum atomic E-state index is 4.55. The zero-order valence-corrected chi connectivity index (χ0v) is 15.8. The van der Waals surface area contributed by atoms with E-state index in [1.54, 1.807) is 18.6 Å². The van der Waals surface area contributed by atoms with Gasteiger partial charge in [0.05, 0.1) is 0 Å². The Morgan fingerprint density at radius 2 is 2.08 bits per heavy atom. The average Bonchev–Trinajstić information content (AvgIpc) is 2.70. The molecule has 0 spiro atoms. The highest BCUT2D eigenvalue weighted by Gasteiger charge is 2.03. The molecule has 26 heavy (non-hydrogen) atoms. The second-order valence-electron chi connectivity index (χ2n) is 6.23. The molecule has 0 aliphatic heterocycles. The molecule has 0 amide bonds. The van der Waals surface area contributed by atoms with E-state index in [4.69, 9.17) is 0 Å². The van der Waals surface area contributed by atoms with Crippen molar-refractivity contribution in [2.75, 3.05) is 6.54 Å². The summed E-state index contributed by atoms with van der Waals surface area (Å²) in [6, 6.07) is 0. The van der Waals surface area contributed by atoms with Gasteiger partial charge in [0.2, 0.25) is 0 Å². The molecule has 0 radical (unpaired) electrons. The van der Waals surface area contributed by atoms with Crippen LogP contribution in [0.15, 0.2) is 71.8 Å². The smallest absolute Gasteiger partial charge is 0.127 e. The van der Waals surface area contributed by atoms with Gasteiger partial charge in [-0.15, -0.1) is 0 Å². The summed E-state index contributed by atoms with van der Waals surface area (Å²) in [5.41, 5.74) is 5.00. The minimum Gasteiger partial charge on any atom is -0.385 e. The molecule has 1 aromatic rings. The van der Waals surface area contributed by atoms with Gasteiger partial charge in [0.15, 0.2) is 0 Å². The summed E-state index contributed by atoms with van der Waals surface area (Å²) in [5.74, 6) is 0.832. The first-order chi connectivity index (χ1) is 12.6. The van der Waals surface area contributed by atoms with Crippen LogP contribution >= 0.6 is 0 Å². The summed E-state index contributed by atoms with van der Waals surface area (Å²) in [5, 5.41) is 3.40. The predicted octanol–water partition coefficient (Wildman–Crippen LogP) is 4.80. The first-order valence-electron chi connectivity index (χ1n) is 9.08. The van der Waals surface area contributed by atoms with E-state index >= 15 is 0 Å². The van der Waals surface area contributed by atoms with Crippen molar-refractivity contribution in [3.63, 3.8) is 0 Å². The zero-order valence-electron chi connectivity index (χ0n) is 15.8. The summed E-state index contributed by atoms with van der Waals surface area (Å²) in [7, 11) is 0. The Balaban J connectivity index is 1.86. The zero-order chi connectivity index (χ0) is 18.8. The lowest BCUT2D eigenvalue weighted by atomic mass is 10.1. The van der Waals surface area contributed by atoms with Gasteiger partial charge in [0.25, 0.3) is 0 Å². The van der Waals surface area contributed by atoms with E-state index in [1.807, 2.05) is 19.9 Å². The minimum absolute atomic E-state index is 0.689. The Morgan fingerprint density at radius 1 is 1.31 bits per heavy atom. The molecule has 0 atom stereocenters. The van der Waals surface area contributed by atoms with E-state index in [-0.39, 0.29) is 0 Å². The first kappa shape index (κ1) is 19.6. The van der Waals surface area contributed by atoms with E-state index in [1.165, 1.54) is 5.57 Å². The third-order valence-corrected chi connectivity index (χ3v) is 4.17. The largest absolute Gasteiger partial charge is 0.385 e. The number of nitrogens with one attached hydrogen (secondary N) is 1. The highest BCUT2D eigenvalue weighted by molar-refractivity contribution is 6.08. The monoisotopic (exact) mass is 348 g/mol. The lowest BCUT2D eigenvalue weighted by Gasteiger charge is -2.13. The van der Waals surface area contributed by atoms with Crippen LogP contribution in [0.4, 0.5) is 0 Å². The van der Waals surface area contributed by atoms with E-state index in [0.717, 1.165) is 54.2 Å². The molecule has 0 bridgehead atoms. The quantitative estimate of drug-likeness (QED) is 0.652. The highest BCUT2D eigenvalue weighted by atomic mass is 14.9.